The van der Waals surface area contributed by atoms with E-state index in [1.165, 1.54) is 12.1 Å². The molecule has 0 aromatic heterocycles. The zero-order chi connectivity index (χ0) is 16.8. The van der Waals surface area contributed by atoms with Crippen molar-refractivity contribution in [1.82, 2.24) is 0 Å². The summed E-state index contributed by atoms with van der Waals surface area (Å²) in [5.41, 5.74) is 1.23. The number of benzene rings is 2. The Morgan fingerprint density at radius 2 is 1.70 bits per heavy atom. The predicted octanol–water partition coefficient (Wildman–Crippen LogP) is 4.61. The third-order valence-corrected chi connectivity index (χ3v) is 4.69. The lowest BCUT2D eigenvalue weighted by Crippen LogP contribution is -2.08. The Hall–Kier alpha value is -1.85. The Bertz CT molecular complexity index is 686. The third-order valence-electron chi connectivity index (χ3n) is 3.19. The van der Waals surface area contributed by atoms with Crippen LogP contribution in [0.15, 0.2) is 48.5 Å². The van der Waals surface area contributed by atoms with Gasteiger partial charge in [-0.3, -0.25) is 9.59 Å². The van der Waals surface area contributed by atoms with Crippen LogP contribution in [0.2, 0.25) is 5.02 Å². The molecule has 3 nitrogen and oxygen atoms in total. The van der Waals surface area contributed by atoms with Gasteiger partial charge >= 0.3 is 5.97 Å². The third kappa shape index (κ3) is 5.37. The van der Waals surface area contributed by atoms with Crippen molar-refractivity contribution in [1.29, 1.82) is 0 Å². The Balaban J connectivity index is 2.16. The summed E-state index contributed by atoms with van der Waals surface area (Å²) in [4.78, 5) is 23.2. The van der Waals surface area contributed by atoms with E-state index < -0.39 is 5.97 Å². The average molecular weight is 353 g/mol. The molecule has 2 aromatic carbocycles. The SMILES string of the molecule is O=C(O)CSC(CC(=O)c1ccc(Cl)cc1)c1ccc(F)cc1. The number of thioether (sulfide) groups is 1. The van der Waals surface area contributed by atoms with Crippen LogP contribution >= 0.6 is 23.4 Å². The molecule has 0 spiro atoms. The number of rotatable bonds is 7. The van der Waals surface area contributed by atoms with Gasteiger partial charge in [-0.05, 0) is 42.0 Å². The van der Waals surface area contributed by atoms with Gasteiger partial charge in [-0.25, -0.2) is 4.39 Å². The molecule has 6 heteroatoms. The number of aliphatic carboxylic acids is 1. The molecule has 0 fully saturated rings. The molecule has 0 amide bonds. The van der Waals surface area contributed by atoms with E-state index in [4.69, 9.17) is 16.7 Å². The average Bonchev–Trinajstić information content (AvgIpc) is 2.52. The highest BCUT2D eigenvalue weighted by Crippen LogP contribution is 2.33. The molecule has 0 aliphatic rings. The summed E-state index contributed by atoms with van der Waals surface area (Å²) in [6.45, 7) is 0. The first-order valence-corrected chi connectivity index (χ1v) is 8.26. The van der Waals surface area contributed by atoms with E-state index in [0.717, 1.165) is 17.3 Å². The minimum absolute atomic E-state index is 0.117. The van der Waals surface area contributed by atoms with Crippen LogP contribution in [-0.2, 0) is 4.79 Å². The van der Waals surface area contributed by atoms with Crippen molar-refractivity contribution in [2.75, 3.05) is 5.75 Å². The first-order chi connectivity index (χ1) is 11.0. The number of carboxylic acids is 1. The van der Waals surface area contributed by atoms with Crippen LogP contribution in [0, 0.1) is 5.82 Å². The largest absolute Gasteiger partial charge is 0.481 e. The van der Waals surface area contributed by atoms with Crippen molar-refractivity contribution in [3.8, 4) is 0 Å². The summed E-state index contributed by atoms with van der Waals surface area (Å²) >= 11 is 6.95. The fraction of sp³-hybridized carbons (Fsp3) is 0.176. The van der Waals surface area contributed by atoms with Crippen LogP contribution in [-0.4, -0.2) is 22.6 Å². The molecule has 0 heterocycles. The van der Waals surface area contributed by atoms with Gasteiger partial charge in [0.05, 0.1) is 5.75 Å². The lowest BCUT2D eigenvalue weighted by atomic mass is 10.0. The molecular formula is C17H14ClFO3S. The monoisotopic (exact) mass is 352 g/mol. The molecule has 1 atom stereocenters. The minimum Gasteiger partial charge on any atom is -0.481 e. The number of halogens is 2. The standard InChI is InChI=1S/C17H14ClFO3S/c18-13-5-1-11(2-6-13)15(20)9-16(23-10-17(21)22)12-3-7-14(19)8-4-12/h1-8,16H,9-10H2,(H,21,22). The van der Waals surface area contributed by atoms with Crippen LogP contribution in [0.4, 0.5) is 4.39 Å². The molecular weight excluding hydrogens is 339 g/mol. The summed E-state index contributed by atoms with van der Waals surface area (Å²) in [6, 6.07) is 12.3. The van der Waals surface area contributed by atoms with E-state index in [1.807, 2.05) is 0 Å². The van der Waals surface area contributed by atoms with Gasteiger partial charge in [0.25, 0.3) is 0 Å². The van der Waals surface area contributed by atoms with Gasteiger partial charge in [0.2, 0.25) is 0 Å². The van der Waals surface area contributed by atoms with Crippen molar-refractivity contribution >= 4 is 35.1 Å². The normalized spacial score (nSPS) is 11.9. The van der Waals surface area contributed by atoms with Crippen LogP contribution in [0.3, 0.4) is 0 Å². The number of Topliss-reactive ketones (excluding diaryl/α,β-unsaturated/α-hetero) is 1. The van der Waals surface area contributed by atoms with Crippen LogP contribution in [0.25, 0.3) is 0 Å². The molecule has 2 aromatic rings. The van der Waals surface area contributed by atoms with Crippen LogP contribution in [0.5, 0.6) is 0 Å². The molecule has 0 saturated carbocycles. The molecule has 2 rings (SSSR count). The van der Waals surface area contributed by atoms with Crippen LogP contribution in [0.1, 0.15) is 27.6 Å². The zero-order valence-corrected chi connectivity index (χ0v) is 13.6. The Morgan fingerprint density at radius 1 is 1.09 bits per heavy atom. The van der Waals surface area contributed by atoms with Crippen molar-refractivity contribution in [3.63, 3.8) is 0 Å². The summed E-state index contributed by atoms with van der Waals surface area (Å²) < 4.78 is 13.0. The first kappa shape index (κ1) is 17.5. The van der Waals surface area contributed by atoms with Gasteiger partial charge in [-0.15, -0.1) is 11.8 Å². The smallest absolute Gasteiger partial charge is 0.313 e. The van der Waals surface area contributed by atoms with Gasteiger partial charge in [-0.2, -0.15) is 0 Å². The number of carbonyl (C=O) groups is 2. The number of ketones is 1. The predicted molar refractivity (Wildman–Crippen MR) is 89.6 cm³/mol. The highest BCUT2D eigenvalue weighted by atomic mass is 35.5. The summed E-state index contributed by atoms with van der Waals surface area (Å²) in [6.07, 6.45) is 0.130. The van der Waals surface area contributed by atoms with Gasteiger partial charge < -0.3 is 5.11 Å². The fourth-order valence-corrected chi connectivity index (χ4v) is 3.13. The lowest BCUT2D eigenvalue weighted by molar-refractivity contribution is -0.133. The minimum atomic E-state index is -0.957. The van der Waals surface area contributed by atoms with E-state index in [9.17, 15) is 14.0 Å². The van der Waals surface area contributed by atoms with Gasteiger partial charge in [0.1, 0.15) is 5.82 Å². The van der Waals surface area contributed by atoms with Gasteiger partial charge in [0, 0.05) is 22.3 Å². The maximum atomic E-state index is 13.0. The molecule has 0 aliphatic carbocycles. The zero-order valence-electron chi connectivity index (χ0n) is 12.0. The van der Waals surface area contributed by atoms with Crippen molar-refractivity contribution < 1.29 is 19.1 Å². The van der Waals surface area contributed by atoms with E-state index in [2.05, 4.69) is 0 Å². The molecule has 120 valence electrons. The second-order valence-corrected chi connectivity index (χ2v) is 6.51. The van der Waals surface area contributed by atoms with E-state index in [0.29, 0.717) is 10.6 Å². The number of hydrogen-bond acceptors (Lipinski definition) is 3. The second-order valence-electron chi connectivity index (χ2n) is 4.88. The Labute approximate surface area is 142 Å². The number of carbonyl (C=O) groups excluding carboxylic acids is 1. The summed E-state index contributed by atoms with van der Waals surface area (Å²) in [5, 5.41) is 9.04. The second kappa shape index (κ2) is 8.13. The molecule has 0 saturated heterocycles. The van der Waals surface area contributed by atoms with Crippen LogP contribution < -0.4 is 0 Å². The lowest BCUT2D eigenvalue weighted by Gasteiger charge is -2.15. The Kier molecular flexibility index (Phi) is 6.19. The summed E-state index contributed by atoms with van der Waals surface area (Å²) in [7, 11) is 0. The fourth-order valence-electron chi connectivity index (χ4n) is 2.04. The molecule has 1 unspecified atom stereocenters. The molecule has 23 heavy (non-hydrogen) atoms. The first-order valence-electron chi connectivity index (χ1n) is 6.83. The van der Waals surface area contributed by atoms with Gasteiger partial charge in [0.15, 0.2) is 5.78 Å². The van der Waals surface area contributed by atoms with Crippen molar-refractivity contribution in [2.45, 2.75) is 11.7 Å². The topological polar surface area (TPSA) is 54.4 Å². The number of hydrogen-bond donors (Lipinski definition) is 1. The highest BCUT2D eigenvalue weighted by Gasteiger charge is 2.19. The van der Waals surface area contributed by atoms with E-state index >= 15 is 0 Å². The molecule has 0 aliphatic heterocycles. The maximum Gasteiger partial charge on any atom is 0.313 e. The summed E-state index contributed by atoms with van der Waals surface area (Å²) in [5.74, 6) is -1.58. The Morgan fingerprint density at radius 3 is 2.26 bits per heavy atom. The maximum absolute atomic E-state index is 13.0. The molecule has 0 radical (unpaired) electrons. The molecule has 0 bridgehead atoms. The van der Waals surface area contributed by atoms with Gasteiger partial charge in [-0.1, -0.05) is 23.7 Å². The van der Waals surface area contributed by atoms with Crippen molar-refractivity contribution in [2.24, 2.45) is 0 Å². The van der Waals surface area contributed by atoms with Crippen molar-refractivity contribution in [3.05, 3.63) is 70.5 Å². The van der Waals surface area contributed by atoms with E-state index in [1.54, 1.807) is 36.4 Å². The quantitative estimate of drug-likeness (QED) is 0.739. The highest BCUT2D eigenvalue weighted by molar-refractivity contribution is 8.00. The number of carboxylic acid groups (broad SMARTS) is 1. The van der Waals surface area contributed by atoms with E-state index in [-0.39, 0.29) is 29.0 Å². The molecule has 1 N–H and O–H groups in total.